The molecule has 0 heterocycles. The Hall–Kier alpha value is -0.780. The summed E-state index contributed by atoms with van der Waals surface area (Å²) in [6.07, 6.45) is 0.00298. The summed E-state index contributed by atoms with van der Waals surface area (Å²) in [4.78, 5) is 8.36. The van der Waals surface area contributed by atoms with E-state index >= 15 is 0 Å². The Labute approximate surface area is 87.7 Å². The van der Waals surface area contributed by atoms with Gasteiger partial charge in [0.2, 0.25) is 0 Å². The topological polar surface area (TPSA) is 49.3 Å². The normalized spacial score (nSPS) is 10.4. The zero-order valence-corrected chi connectivity index (χ0v) is 8.81. The number of carboxylic acid groups (broad SMARTS) is 1. The number of nitrogens with one attached hydrogen (secondary N) is 1. The maximum atomic E-state index is 11.6. The van der Waals surface area contributed by atoms with Gasteiger partial charge in [0.1, 0.15) is 0 Å². The lowest BCUT2D eigenvalue weighted by Gasteiger charge is -2.07. The molecule has 0 aromatic carbocycles. The van der Waals surface area contributed by atoms with Gasteiger partial charge in [-0.05, 0) is 13.0 Å². The molecule has 0 aromatic rings. The molecule has 92 valence electrons. The van der Waals surface area contributed by atoms with Gasteiger partial charge in [-0.2, -0.15) is 13.2 Å². The minimum absolute atomic E-state index is 0.250. The van der Waals surface area contributed by atoms with Crippen molar-refractivity contribution in [2.24, 2.45) is 0 Å². The molecule has 15 heavy (non-hydrogen) atoms. The highest BCUT2D eigenvalue weighted by Crippen LogP contribution is 2.12. The van der Waals surface area contributed by atoms with Gasteiger partial charge in [0.05, 0.1) is 6.54 Å². The van der Waals surface area contributed by atoms with Crippen LogP contribution < -0.4 is 5.32 Å². The molecule has 0 fully saturated rings. The largest absolute Gasteiger partial charge is 0.483 e. The van der Waals surface area contributed by atoms with E-state index in [4.69, 9.17) is 9.90 Å². The molecule has 0 aliphatic carbocycles. The van der Waals surface area contributed by atoms with Gasteiger partial charge in [-0.15, -0.1) is 0 Å². The molecule has 0 aromatic heterocycles. The van der Waals surface area contributed by atoms with Crippen molar-refractivity contribution < 1.29 is 23.1 Å². The maximum Gasteiger partial charge on any atom is 0.401 e. The Kier molecular flexibility index (Phi) is 12.5. The summed E-state index contributed by atoms with van der Waals surface area (Å²) < 4.78 is 34.7. The summed E-state index contributed by atoms with van der Waals surface area (Å²) in [5.74, 6) is 0. The molecule has 0 saturated heterocycles. The minimum Gasteiger partial charge on any atom is -0.483 e. The molecule has 0 bridgehead atoms. The van der Waals surface area contributed by atoms with E-state index in [0.717, 1.165) is 25.7 Å². The third-order valence-corrected chi connectivity index (χ3v) is 1.53. The zero-order chi connectivity index (χ0) is 12.2. The van der Waals surface area contributed by atoms with Crippen LogP contribution in [0.1, 0.15) is 32.6 Å². The van der Waals surface area contributed by atoms with Crippen LogP contribution in [-0.4, -0.2) is 30.8 Å². The molecule has 3 nitrogen and oxygen atoms in total. The Morgan fingerprint density at radius 1 is 1.27 bits per heavy atom. The number of carbonyl (C=O) groups is 1. The summed E-state index contributed by atoms with van der Waals surface area (Å²) in [7, 11) is 0. The van der Waals surface area contributed by atoms with E-state index < -0.39 is 12.7 Å². The smallest absolute Gasteiger partial charge is 0.401 e. The average molecular weight is 229 g/mol. The summed E-state index contributed by atoms with van der Waals surface area (Å²) >= 11 is 0. The predicted octanol–water partition coefficient (Wildman–Crippen LogP) is 2.42. The van der Waals surface area contributed by atoms with E-state index in [1.807, 2.05) is 0 Å². The van der Waals surface area contributed by atoms with Crippen LogP contribution in [0.15, 0.2) is 0 Å². The molecule has 0 radical (unpaired) electrons. The van der Waals surface area contributed by atoms with Crippen LogP contribution in [0.5, 0.6) is 0 Å². The predicted molar refractivity (Wildman–Crippen MR) is 51.8 cm³/mol. The van der Waals surface area contributed by atoms with Gasteiger partial charge in [-0.1, -0.05) is 26.2 Å². The molecule has 6 heteroatoms. The van der Waals surface area contributed by atoms with Crippen LogP contribution in [0.25, 0.3) is 0 Å². The Morgan fingerprint density at radius 3 is 2.20 bits per heavy atom. The number of halogens is 3. The van der Waals surface area contributed by atoms with Gasteiger partial charge in [0.25, 0.3) is 6.47 Å². The first-order valence-electron chi connectivity index (χ1n) is 4.83. The first-order chi connectivity index (χ1) is 6.97. The molecule has 0 aliphatic heterocycles. The highest BCUT2D eigenvalue weighted by molar-refractivity contribution is 5.32. The fraction of sp³-hybridized carbons (Fsp3) is 0.889. The molecule has 0 saturated carbocycles. The standard InChI is InChI=1S/C8H16F3N.CH2O2/c1-2-3-4-5-6-12-7-8(9,10)11;2-1-3/h12H,2-7H2,1H3;1H,(H,2,3). The minimum atomic E-state index is -4.06. The number of alkyl halides is 3. The fourth-order valence-corrected chi connectivity index (χ4v) is 0.907. The van der Waals surface area contributed by atoms with Crippen LogP contribution in [0.3, 0.4) is 0 Å². The first-order valence-corrected chi connectivity index (χ1v) is 4.83. The van der Waals surface area contributed by atoms with Gasteiger partial charge in [-0.25, -0.2) is 0 Å². The summed E-state index contributed by atoms with van der Waals surface area (Å²) in [5.41, 5.74) is 0. The van der Waals surface area contributed by atoms with Crippen molar-refractivity contribution in [3.05, 3.63) is 0 Å². The summed E-state index contributed by atoms with van der Waals surface area (Å²) in [6, 6.07) is 0. The molecule has 0 rings (SSSR count). The molecule has 0 amide bonds. The van der Waals surface area contributed by atoms with E-state index in [-0.39, 0.29) is 6.47 Å². The zero-order valence-electron chi connectivity index (χ0n) is 8.81. The third-order valence-electron chi connectivity index (χ3n) is 1.53. The third kappa shape index (κ3) is 24.6. The first kappa shape index (κ1) is 16.6. The fourth-order valence-electron chi connectivity index (χ4n) is 0.907. The van der Waals surface area contributed by atoms with Crippen LogP contribution in [0.2, 0.25) is 0 Å². The Bertz CT molecular complexity index is 140. The Morgan fingerprint density at radius 2 is 1.80 bits per heavy atom. The van der Waals surface area contributed by atoms with Gasteiger partial charge in [0.15, 0.2) is 0 Å². The van der Waals surface area contributed by atoms with Gasteiger partial charge in [0, 0.05) is 0 Å². The molecule has 0 unspecified atom stereocenters. The molecule has 0 atom stereocenters. The van der Waals surface area contributed by atoms with E-state index in [1.54, 1.807) is 0 Å². The monoisotopic (exact) mass is 229 g/mol. The van der Waals surface area contributed by atoms with Crippen LogP contribution >= 0.6 is 0 Å². The van der Waals surface area contributed by atoms with Gasteiger partial charge >= 0.3 is 6.18 Å². The van der Waals surface area contributed by atoms with E-state index in [2.05, 4.69) is 12.2 Å². The highest BCUT2D eigenvalue weighted by atomic mass is 19.4. The molecule has 0 spiro atoms. The molecule has 2 N–H and O–H groups in total. The van der Waals surface area contributed by atoms with Crippen molar-refractivity contribution in [1.82, 2.24) is 5.32 Å². The second-order valence-electron chi connectivity index (χ2n) is 2.96. The van der Waals surface area contributed by atoms with Gasteiger partial charge in [-0.3, -0.25) is 4.79 Å². The van der Waals surface area contributed by atoms with Crippen LogP contribution in [0, 0.1) is 0 Å². The van der Waals surface area contributed by atoms with Gasteiger partial charge < -0.3 is 10.4 Å². The molecular weight excluding hydrogens is 211 g/mol. The lowest BCUT2D eigenvalue weighted by Crippen LogP contribution is -2.29. The lowest BCUT2D eigenvalue weighted by molar-refractivity contribution is -0.125. The second kappa shape index (κ2) is 11.3. The lowest BCUT2D eigenvalue weighted by atomic mass is 10.2. The number of hydrogen-bond donors (Lipinski definition) is 2. The van der Waals surface area contributed by atoms with Crippen molar-refractivity contribution in [3.63, 3.8) is 0 Å². The van der Waals surface area contributed by atoms with Crippen molar-refractivity contribution in [2.45, 2.75) is 38.8 Å². The van der Waals surface area contributed by atoms with E-state index in [0.29, 0.717) is 6.54 Å². The summed E-state index contributed by atoms with van der Waals surface area (Å²) in [6.45, 7) is 1.43. The summed E-state index contributed by atoms with van der Waals surface area (Å²) in [5, 5.41) is 9.25. The SMILES string of the molecule is CCCCCCNCC(F)(F)F.O=CO. The van der Waals surface area contributed by atoms with Crippen molar-refractivity contribution >= 4 is 6.47 Å². The molecule has 0 aliphatic rings. The number of rotatable bonds is 6. The second-order valence-corrected chi connectivity index (χ2v) is 2.96. The number of unbranched alkanes of at least 4 members (excludes halogenated alkanes) is 3. The quantitative estimate of drug-likeness (QED) is 0.543. The Balaban J connectivity index is 0. The van der Waals surface area contributed by atoms with Crippen LogP contribution in [0.4, 0.5) is 13.2 Å². The van der Waals surface area contributed by atoms with E-state index in [9.17, 15) is 13.2 Å². The van der Waals surface area contributed by atoms with Crippen LogP contribution in [-0.2, 0) is 4.79 Å². The average Bonchev–Trinajstić information content (AvgIpc) is 2.11. The van der Waals surface area contributed by atoms with Crippen molar-refractivity contribution in [1.29, 1.82) is 0 Å². The highest BCUT2D eigenvalue weighted by Gasteiger charge is 2.25. The maximum absolute atomic E-state index is 11.6. The van der Waals surface area contributed by atoms with Crippen molar-refractivity contribution in [2.75, 3.05) is 13.1 Å². The number of hydrogen-bond acceptors (Lipinski definition) is 2. The van der Waals surface area contributed by atoms with Crippen molar-refractivity contribution in [3.8, 4) is 0 Å². The van der Waals surface area contributed by atoms with E-state index in [1.165, 1.54) is 0 Å². The molecular formula is C9H18F3NO2.